The number of hydrogen-bond donors (Lipinski definition) is 1. The predicted molar refractivity (Wildman–Crippen MR) is 93.8 cm³/mol. The number of hydrogen-bond acceptors (Lipinski definition) is 4. The Morgan fingerprint density at radius 3 is 3.04 bits per heavy atom. The molecule has 0 radical (unpaired) electrons. The molecule has 0 saturated carbocycles. The van der Waals surface area contributed by atoms with Crippen molar-refractivity contribution in [1.82, 2.24) is 4.90 Å². The van der Waals surface area contributed by atoms with Gasteiger partial charge in [0.05, 0.1) is 23.9 Å². The van der Waals surface area contributed by atoms with Gasteiger partial charge in [0.25, 0.3) is 0 Å². The van der Waals surface area contributed by atoms with Crippen molar-refractivity contribution in [1.29, 1.82) is 5.26 Å². The molecule has 1 saturated heterocycles. The minimum Gasteiger partial charge on any atom is -0.376 e. The molecule has 0 aliphatic carbocycles. The van der Waals surface area contributed by atoms with Gasteiger partial charge in [0.1, 0.15) is 11.9 Å². The number of carbonyl (C=O) groups is 1. The van der Waals surface area contributed by atoms with Gasteiger partial charge in [-0.05, 0) is 42.5 Å². The van der Waals surface area contributed by atoms with Crippen LogP contribution >= 0.6 is 11.3 Å². The Kier molecular flexibility index (Phi) is 5.64. The summed E-state index contributed by atoms with van der Waals surface area (Å²) in [5.74, 6) is -0.510. The highest BCUT2D eigenvalue weighted by molar-refractivity contribution is 7.09. The van der Waals surface area contributed by atoms with Crippen LogP contribution in [0.2, 0.25) is 0 Å². The first-order valence-corrected chi connectivity index (χ1v) is 8.93. The maximum atomic E-state index is 13.3. The smallest absolute Gasteiger partial charge is 0.322 e. The summed E-state index contributed by atoms with van der Waals surface area (Å²) in [5.41, 5.74) is 0.402. The second-order valence-corrected chi connectivity index (χ2v) is 6.86. The Labute approximate surface area is 149 Å². The van der Waals surface area contributed by atoms with E-state index in [0.717, 1.165) is 30.4 Å². The predicted octanol–water partition coefficient (Wildman–Crippen LogP) is 3.97. The van der Waals surface area contributed by atoms with E-state index in [1.54, 1.807) is 16.2 Å². The molecule has 0 bridgehead atoms. The highest BCUT2D eigenvalue weighted by Gasteiger charge is 2.23. The lowest BCUT2D eigenvalue weighted by Gasteiger charge is -2.25. The molecule has 1 fully saturated rings. The van der Waals surface area contributed by atoms with E-state index in [2.05, 4.69) is 5.32 Å². The molecule has 1 unspecified atom stereocenters. The van der Waals surface area contributed by atoms with Gasteiger partial charge >= 0.3 is 6.03 Å². The van der Waals surface area contributed by atoms with Crippen LogP contribution in [0, 0.1) is 17.1 Å². The molecule has 25 heavy (non-hydrogen) atoms. The molecule has 2 heterocycles. The van der Waals surface area contributed by atoms with E-state index in [0.29, 0.717) is 18.8 Å². The molecule has 0 spiro atoms. The fraction of sp³-hybridized carbons (Fsp3) is 0.333. The number of urea groups is 1. The van der Waals surface area contributed by atoms with Gasteiger partial charge < -0.3 is 15.0 Å². The molecular formula is C18H18FN3O2S. The molecule has 1 aromatic heterocycles. The minimum atomic E-state index is -0.510. The number of nitrogens with zero attached hydrogens (tertiary/aromatic N) is 2. The van der Waals surface area contributed by atoms with E-state index < -0.39 is 5.82 Å². The van der Waals surface area contributed by atoms with Crippen molar-refractivity contribution < 1.29 is 13.9 Å². The molecule has 1 aliphatic heterocycles. The van der Waals surface area contributed by atoms with Gasteiger partial charge in [-0.1, -0.05) is 6.07 Å². The zero-order valence-corrected chi connectivity index (χ0v) is 14.4. The van der Waals surface area contributed by atoms with E-state index in [-0.39, 0.29) is 17.7 Å². The fourth-order valence-corrected chi connectivity index (χ4v) is 3.48. The van der Waals surface area contributed by atoms with Crippen LogP contribution in [0.15, 0.2) is 35.7 Å². The lowest BCUT2D eigenvalue weighted by atomic mass is 10.2. The minimum absolute atomic E-state index is 0.0226. The van der Waals surface area contributed by atoms with Gasteiger partial charge in [0.2, 0.25) is 0 Å². The second-order valence-electron chi connectivity index (χ2n) is 5.83. The van der Waals surface area contributed by atoms with Crippen molar-refractivity contribution in [2.75, 3.05) is 18.5 Å². The summed E-state index contributed by atoms with van der Waals surface area (Å²) in [7, 11) is 0. The normalized spacial score (nSPS) is 16.4. The molecule has 1 N–H and O–H groups in total. The van der Waals surface area contributed by atoms with Gasteiger partial charge in [0, 0.05) is 18.0 Å². The molecule has 3 rings (SSSR count). The molecule has 2 amide bonds. The van der Waals surface area contributed by atoms with Crippen LogP contribution in [0.1, 0.15) is 23.3 Å². The fourth-order valence-electron chi connectivity index (χ4n) is 2.76. The summed E-state index contributed by atoms with van der Waals surface area (Å²) in [5, 5.41) is 13.8. The largest absolute Gasteiger partial charge is 0.376 e. The van der Waals surface area contributed by atoms with Gasteiger partial charge in [0.15, 0.2) is 0 Å². The topological polar surface area (TPSA) is 65.4 Å². The number of benzene rings is 1. The third kappa shape index (κ3) is 4.56. The van der Waals surface area contributed by atoms with E-state index >= 15 is 0 Å². The first kappa shape index (κ1) is 17.4. The van der Waals surface area contributed by atoms with Crippen LogP contribution in [0.5, 0.6) is 0 Å². The van der Waals surface area contributed by atoms with Crippen LogP contribution in [-0.2, 0) is 11.3 Å². The van der Waals surface area contributed by atoms with Crippen LogP contribution < -0.4 is 5.32 Å². The summed E-state index contributed by atoms with van der Waals surface area (Å²) in [4.78, 5) is 15.5. The van der Waals surface area contributed by atoms with Gasteiger partial charge in [-0.25, -0.2) is 9.18 Å². The van der Waals surface area contributed by atoms with Gasteiger partial charge in [-0.2, -0.15) is 5.26 Å². The standard InChI is InChI=1S/C18H18FN3O2S/c19-14-5-6-17(13(9-14)10-20)21-18(23)22(11-15-3-1-7-24-15)12-16-4-2-8-25-16/h2,4-6,8-9,15H,1,3,7,11-12H2,(H,21,23). The first-order chi connectivity index (χ1) is 12.2. The van der Waals surface area contributed by atoms with Crippen molar-refractivity contribution >= 4 is 23.1 Å². The number of nitrogens with one attached hydrogen (secondary N) is 1. The molecule has 130 valence electrons. The molecule has 5 nitrogen and oxygen atoms in total. The number of thiophene rings is 1. The average Bonchev–Trinajstić information content (AvgIpc) is 3.29. The third-order valence-corrected chi connectivity index (χ3v) is 4.87. The number of rotatable bonds is 5. The van der Waals surface area contributed by atoms with E-state index in [9.17, 15) is 9.18 Å². The van der Waals surface area contributed by atoms with Crippen LogP contribution in [0.3, 0.4) is 0 Å². The van der Waals surface area contributed by atoms with Crippen LogP contribution in [-0.4, -0.2) is 30.2 Å². The lowest BCUT2D eigenvalue weighted by molar-refractivity contribution is 0.0821. The molecule has 1 aromatic carbocycles. The molecule has 7 heteroatoms. The van der Waals surface area contributed by atoms with Crippen molar-refractivity contribution in [3.63, 3.8) is 0 Å². The van der Waals surface area contributed by atoms with Crippen molar-refractivity contribution in [2.45, 2.75) is 25.5 Å². The van der Waals surface area contributed by atoms with E-state index in [4.69, 9.17) is 10.00 Å². The molecule has 1 aliphatic rings. The maximum absolute atomic E-state index is 13.3. The second kappa shape index (κ2) is 8.10. The highest BCUT2D eigenvalue weighted by Crippen LogP contribution is 2.20. The molecule has 2 aromatic rings. The number of amides is 2. The number of halogens is 1. The molecular weight excluding hydrogens is 341 g/mol. The Morgan fingerprint density at radius 1 is 1.48 bits per heavy atom. The number of carbonyl (C=O) groups excluding carboxylic acids is 1. The van der Waals surface area contributed by atoms with E-state index in [1.807, 2.05) is 23.6 Å². The Bertz CT molecular complexity index is 767. The number of ether oxygens (including phenoxy) is 1. The Balaban J connectivity index is 1.74. The zero-order valence-electron chi connectivity index (χ0n) is 13.6. The Morgan fingerprint density at radius 2 is 2.36 bits per heavy atom. The van der Waals surface area contributed by atoms with Crippen molar-refractivity contribution in [3.05, 3.63) is 52.0 Å². The third-order valence-electron chi connectivity index (χ3n) is 4.01. The van der Waals surface area contributed by atoms with Crippen molar-refractivity contribution in [2.24, 2.45) is 0 Å². The monoisotopic (exact) mass is 359 g/mol. The molecule has 1 atom stereocenters. The highest BCUT2D eigenvalue weighted by atomic mass is 32.1. The van der Waals surface area contributed by atoms with E-state index in [1.165, 1.54) is 12.1 Å². The quantitative estimate of drug-likeness (QED) is 0.878. The summed E-state index contributed by atoms with van der Waals surface area (Å²) in [6, 6.07) is 9.23. The first-order valence-electron chi connectivity index (χ1n) is 8.05. The summed E-state index contributed by atoms with van der Waals surface area (Å²) in [6.07, 6.45) is 1.94. The SMILES string of the molecule is N#Cc1cc(F)ccc1NC(=O)N(Cc1cccs1)CC1CCCO1. The van der Waals surface area contributed by atoms with Gasteiger partial charge in [-0.3, -0.25) is 0 Å². The summed E-state index contributed by atoms with van der Waals surface area (Å²) in [6.45, 7) is 1.66. The summed E-state index contributed by atoms with van der Waals surface area (Å²) < 4.78 is 18.9. The zero-order chi connectivity index (χ0) is 17.6. The van der Waals surface area contributed by atoms with Crippen LogP contribution in [0.25, 0.3) is 0 Å². The maximum Gasteiger partial charge on any atom is 0.322 e. The number of anilines is 1. The summed E-state index contributed by atoms with van der Waals surface area (Å²) >= 11 is 1.58. The Hall–Kier alpha value is -2.43. The van der Waals surface area contributed by atoms with Gasteiger partial charge in [-0.15, -0.1) is 11.3 Å². The number of nitriles is 1. The lowest BCUT2D eigenvalue weighted by Crippen LogP contribution is -2.39. The van der Waals surface area contributed by atoms with Crippen LogP contribution in [0.4, 0.5) is 14.9 Å². The average molecular weight is 359 g/mol. The van der Waals surface area contributed by atoms with Crippen molar-refractivity contribution in [3.8, 4) is 6.07 Å².